The molecule has 0 spiro atoms. The van der Waals surface area contributed by atoms with E-state index >= 15 is 0 Å². The van der Waals surface area contributed by atoms with Crippen molar-refractivity contribution < 1.29 is 4.74 Å². The number of rotatable bonds is 2. The number of aryl methyl sites for hydroxylation is 1. The lowest BCUT2D eigenvalue weighted by atomic mass is 9.96. The molecule has 1 aliphatic rings. The molecule has 1 saturated heterocycles. The Morgan fingerprint density at radius 1 is 1.33 bits per heavy atom. The van der Waals surface area contributed by atoms with Gasteiger partial charge in [-0.15, -0.1) is 0 Å². The highest BCUT2D eigenvalue weighted by molar-refractivity contribution is 5.32. The zero-order chi connectivity index (χ0) is 10.7. The van der Waals surface area contributed by atoms with E-state index in [1.54, 1.807) is 0 Å². The fourth-order valence-corrected chi connectivity index (χ4v) is 2.05. The summed E-state index contributed by atoms with van der Waals surface area (Å²) in [5.41, 5.74) is 1.17. The Hall–Kier alpha value is -1.02. The van der Waals surface area contributed by atoms with Crippen molar-refractivity contribution in [1.29, 1.82) is 0 Å². The molecular formula is C13H19NO. The van der Waals surface area contributed by atoms with Gasteiger partial charge >= 0.3 is 0 Å². The molecule has 1 aromatic carbocycles. The van der Waals surface area contributed by atoms with E-state index in [0.29, 0.717) is 0 Å². The molecule has 1 unspecified atom stereocenters. The fourth-order valence-electron chi connectivity index (χ4n) is 2.05. The van der Waals surface area contributed by atoms with E-state index < -0.39 is 0 Å². The molecule has 1 aliphatic heterocycles. The molecule has 0 aromatic heterocycles. The average molecular weight is 205 g/mol. The van der Waals surface area contributed by atoms with Gasteiger partial charge in [0.2, 0.25) is 0 Å². The van der Waals surface area contributed by atoms with E-state index in [1.165, 1.54) is 12.0 Å². The molecule has 0 amide bonds. The zero-order valence-corrected chi connectivity index (χ0v) is 9.55. The summed E-state index contributed by atoms with van der Waals surface area (Å²) >= 11 is 0. The number of ether oxygens (including phenoxy) is 1. The lowest BCUT2D eigenvalue weighted by Gasteiger charge is -2.35. The average Bonchev–Trinajstić information content (AvgIpc) is 2.22. The van der Waals surface area contributed by atoms with Gasteiger partial charge in [-0.25, -0.2) is 0 Å². The topological polar surface area (TPSA) is 21.3 Å². The number of nitrogens with one attached hydrogen (secondary N) is 1. The highest BCUT2D eigenvalue weighted by Crippen LogP contribution is 2.26. The number of piperidine rings is 1. The predicted molar refractivity (Wildman–Crippen MR) is 62.3 cm³/mol. The molecule has 1 atom stereocenters. The summed E-state index contributed by atoms with van der Waals surface area (Å²) in [7, 11) is 0. The maximum Gasteiger partial charge on any atom is 0.123 e. The van der Waals surface area contributed by atoms with Crippen molar-refractivity contribution in [3.05, 3.63) is 29.8 Å². The Balaban J connectivity index is 2.10. The molecule has 15 heavy (non-hydrogen) atoms. The van der Waals surface area contributed by atoms with Crippen LogP contribution >= 0.6 is 0 Å². The van der Waals surface area contributed by atoms with Crippen LogP contribution < -0.4 is 10.1 Å². The number of benzene rings is 1. The maximum absolute atomic E-state index is 6.11. The standard InChI is InChI=1S/C13H19NO/c1-11-6-3-4-7-12(11)15-13(2)8-5-9-14-10-13/h3-4,6-7,14H,5,8-10H2,1-2H3. The van der Waals surface area contributed by atoms with Crippen molar-refractivity contribution in [3.8, 4) is 5.75 Å². The van der Waals surface area contributed by atoms with E-state index in [0.717, 1.165) is 25.3 Å². The van der Waals surface area contributed by atoms with Crippen LogP contribution in [0.2, 0.25) is 0 Å². The monoisotopic (exact) mass is 205 g/mol. The van der Waals surface area contributed by atoms with Crippen molar-refractivity contribution in [1.82, 2.24) is 5.32 Å². The van der Waals surface area contributed by atoms with Crippen LogP contribution in [0.15, 0.2) is 24.3 Å². The van der Waals surface area contributed by atoms with E-state index in [4.69, 9.17) is 4.74 Å². The van der Waals surface area contributed by atoms with Gasteiger partial charge in [0.1, 0.15) is 11.4 Å². The minimum atomic E-state index is -0.0373. The van der Waals surface area contributed by atoms with Crippen LogP contribution in [-0.2, 0) is 0 Å². The summed E-state index contributed by atoms with van der Waals surface area (Å²) in [4.78, 5) is 0. The van der Waals surface area contributed by atoms with Crippen LogP contribution in [0.4, 0.5) is 0 Å². The van der Waals surface area contributed by atoms with Crippen molar-refractivity contribution in [2.24, 2.45) is 0 Å². The Morgan fingerprint density at radius 2 is 2.13 bits per heavy atom. The Morgan fingerprint density at radius 3 is 2.80 bits per heavy atom. The van der Waals surface area contributed by atoms with E-state index in [2.05, 4.69) is 31.3 Å². The first-order chi connectivity index (χ1) is 7.20. The molecule has 1 aromatic rings. The Bertz CT molecular complexity index is 329. The van der Waals surface area contributed by atoms with Crippen molar-refractivity contribution >= 4 is 0 Å². The van der Waals surface area contributed by atoms with Gasteiger partial charge in [0.25, 0.3) is 0 Å². The first kappa shape index (κ1) is 10.5. The third-order valence-electron chi connectivity index (χ3n) is 3.01. The minimum absolute atomic E-state index is 0.0373. The van der Waals surface area contributed by atoms with E-state index in [1.807, 2.05) is 12.1 Å². The molecule has 1 N–H and O–H groups in total. The first-order valence-corrected chi connectivity index (χ1v) is 5.65. The molecule has 0 bridgehead atoms. The molecule has 2 nitrogen and oxygen atoms in total. The lowest BCUT2D eigenvalue weighted by molar-refractivity contribution is 0.0607. The highest BCUT2D eigenvalue weighted by Gasteiger charge is 2.28. The van der Waals surface area contributed by atoms with Crippen LogP contribution in [0, 0.1) is 6.92 Å². The normalized spacial score (nSPS) is 26.3. The van der Waals surface area contributed by atoms with Crippen molar-refractivity contribution in [2.75, 3.05) is 13.1 Å². The second kappa shape index (κ2) is 4.23. The number of hydrogen-bond donors (Lipinski definition) is 1. The second-order valence-corrected chi connectivity index (χ2v) is 4.60. The van der Waals surface area contributed by atoms with Crippen LogP contribution in [0.3, 0.4) is 0 Å². The smallest absolute Gasteiger partial charge is 0.123 e. The first-order valence-electron chi connectivity index (χ1n) is 5.65. The Kier molecular flexibility index (Phi) is 2.96. The summed E-state index contributed by atoms with van der Waals surface area (Å²) in [6.45, 7) is 6.34. The molecule has 1 heterocycles. The lowest BCUT2D eigenvalue weighted by Crippen LogP contribution is -2.47. The van der Waals surface area contributed by atoms with Gasteiger partial charge in [-0.1, -0.05) is 18.2 Å². The number of hydrogen-bond acceptors (Lipinski definition) is 2. The largest absolute Gasteiger partial charge is 0.486 e. The maximum atomic E-state index is 6.11. The van der Waals surface area contributed by atoms with E-state index in [9.17, 15) is 0 Å². The minimum Gasteiger partial charge on any atom is -0.486 e. The van der Waals surface area contributed by atoms with Gasteiger partial charge in [0.15, 0.2) is 0 Å². The van der Waals surface area contributed by atoms with Gasteiger partial charge in [-0.2, -0.15) is 0 Å². The second-order valence-electron chi connectivity index (χ2n) is 4.60. The molecule has 0 radical (unpaired) electrons. The van der Waals surface area contributed by atoms with Crippen LogP contribution in [0.25, 0.3) is 0 Å². The molecule has 0 saturated carbocycles. The zero-order valence-electron chi connectivity index (χ0n) is 9.55. The quantitative estimate of drug-likeness (QED) is 0.801. The van der Waals surface area contributed by atoms with Crippen molar-refractivity contribution in [2.45, 2.75) is 32.3 Å². The summed E-state index contributed by atoms with van der Waals surface area (Å²) in [5, 5.41) is 3.39. The summed E-state index contributed by atoms with van der Waals surface area (Å²) in [6.07, 6.45) is 2.33. The third kappa shape index (κ3) is 2.51. The van der Waals surface area contributed by atoms with Gasteiger partial charge in [0.05, 0.1) is 0 Å². The van der Waals surface area contributed by atoms with Crippen LogP contribution in [0.1, 0.15) is 25.3 Å². The summed E-state index contributed by atoms with van der Waals surface area (Å²) < 4.78 is 6.11. The molecular weight excluding hydrogens is 186 g/mol. The van der Waals surface area contributed by atoms with Crippen LogP contribution in [-0.4, -0.2) is 18.7 Å². The number of para-hydroxylation sites is 1. The van der Waals surface area contributed by atoms with Crippen molar-refractivity contribution in [3.63, 3.8) is 0 Å². The molecule has 0 aliphatic carbocycles. The SMILES string of the molecule is Cc1ccccc1OC1(C)CCCNC1. The van der Waals surface area contributed by atoms with E-state index in [-0.39, 0.29) is 5.60 Å². The molecule has 2 heteroatoms. The Labute approximate surface area is 91.6 Å². The van der Waals surface area contributed by atoms with Gasteiger partial charge in [-0.3, -0.25) is 0 Å². The molecule has 82 valence electrons. The van der Waals surface area contributed by atoms with Gasteiger partial charge in [0, 0.05) is 6.54 Å². The fraction of sp³-hybridized carbons (Fsp3) is 0.538. The predicted octanol–water partition coefficient (Wildman–Crippen LogP) is 2.52. The van der Waals surface area contributed by atoms with Crippen LogP contribution in [0.5, 0.6) is 5.75 Å². The summed E-state index contributed by atoms with van der Waals surface area (Å²) in [6, 6.07) is 8.22. The molecule has 1 fully saturated rings. The molecule has 2 rings (SSSR count). The highest BCUT2D eigenvalue weighted by atomic mass is 16.5. The summed E-state index contributed by atoms with van der Waals surface area (Å²) in [5.74, 6) is 1.02. The van der Waals surface area contributed by atoms with Gasteiger partial charge in [-0.05, 0) is 44.9 Å². The third-order valence-corrected chi connectivity index (χ3v) is 3.01. The van der Waals surface area contributed by atoms with Gasteiger partial charge < -0.3 is 10.1 Å².